The summed E-state index contributed by atoms with van der Waals surface area (Å²) in [4.78, 5) is 13.9. The van der Waals surface area contributed by atoms with Crippen LogP contribution in [0, 0.1) is 19.8 Å². The van der Waals surface area contributed by atoms with Gasteiger partial charge in [-0.2, -0.15) is 0 Å². The quantitative estimate of drug-likeness (QED) is 0.893. The molecule has 0 saturated carbocycles. The van der Waals surface area contributed by atoms with Crippen LogP contribution in [0.15, 0.2) is 18.2 Å². The Morgan fingerprint density at radius 1 is 1.24 bits per heavy atom. The van der Waals surface area contributed by atoms with Gasteiger partial charge in [0, 0.05) is 26.2 Å². The lowest BCUT2D eigenvalue weighted by Gasteiger charge is -2.31. The van der Waals surface area contributed by atoms with E-state index in [1.165, 1.54) is 16.7 Å². The number of rotatable bonds is 4. The summed E-state index contributed by atoms with van der Waals surface area (Å²) in [5.41, 5.74) is 3.80. The molecule has 0 unspecified atom stereocenters. The van der Waals surface area contributed by atoms with Crippen molar-refractivity contribution in [2.45, 2.75) is 33.1 Å². The van der Waals surface area contributed by atoms with Crippen molar-refractivity contribution in [2.75, 3.05) is 26.2 Å². The van der Waals surface area contributed by atoms with Crippen molar-refractivity contribution >= 4 is 6.03 Å². The average molecular weight is 290 g/mol. The Morgan fingerprint density at radius 3 is 2.43 bits per heavy atom. The Labute approximate surface area is 127 Å². The van der Waals surface area contributed by atoms with E-state index in [1.807, 2.05) is 4.90 Å². The van der Waals surface area contributed by atoms with Crippen LogP contribution in [0.3, 0.4) is 0 Å². The molecule has 0 aromatic heterocycles. The lowest BCUT2D eigenvalue weighted by atomic mass is 9.98. The van der Waals surface area contributed by atoms with Gasteiger partial charge in [0.15, 0.2) is 0 Å². The van der Waals surface area contributed by atoms with E-state index in [9.17, 15) is 4.79 Å². The molecule has 1 aromatic carbocycles. The summed E-state index contributed by atoms with van der Waals surface area (Å²) in [5.74, 6) is 0.365. The molecule has 0 aliphatic carbocycles. The summed E-state index contributed by atoms with van der Waals surface area (Å²) in [5, 5.41) is 12.1. The fourth-order valence-electron chi connectivity index (χ4n) is 2.96. The number of aliphatic hydroxyl groups excluding tert-OH is 1. The van der Waals surface area contributed by atoms with E-state index < -0.39 is 0 Å². The molecule has 2 N–H and O–H groups in total. The van der Waals surface area contributed by atoms with Crippen LogP contribution in [-0.4, -0.2) is 42.3 Å². The second-order valence-electron chi connectivity index (χ2n) is 6.09. The Morgan fingerprint density at radius 2 is 1.86 bits per heavy atom. The highest BCUT2D eigenvalue weighted by molar-refractivity contribution is 5.74. The number of carbonyl (C=O) groups is 1. The second-order valence-corrected chi connectivity index (χ2v) is 6.09. The van der Waals surface area contributed by atoms with Gasteiger partial charge in [-0.25, -0.2) is 4.79 Å². The summed E-state index contributed by atoms with van der Waals surface area (Å²) in [6, 6.07) is 6.53. The Kier molecular flexibility index (Phi) is 5.62. The zero-order valence-corrected chi connectivity index (χ0v) is 13.1. The molecule has 0 spiro atoms. The maximum atomic E-state index is 12.1. The lowest BCUT2D eigenvalue weighted by molar-refractivity contribution is 0.137. The minimum absolute atomic E-state index is 0.0239. The largest absolute Gasteiger partial charge is 0.396 e. The molecule has 1 aromatic rings. The number of benzene rings is 1. The summed E-state index contributed by atoms with van der Waals surface area (Å²) in [7, 11) is 0. The smallest absolute Gasteiger partial charge is 0.317 e. The summed E-state index contributed by atoms with van der Waals surface area (Å²) < 4.78 is 0. The molecular formula is C17H26N2O2. The lowest BCUT2D eigenvalue weighted by Crippen LogP contribution is -2.45. The van der Waals surface area contributed by atoms with Gasteiger partial charge in [-0.05, 0) is 44.6 Å². The standard InChI is InChI=1S/C17H26N2O2/c1-13-9-14(2)11-16(10-13)3-6-18-17(21)19-7-4-15(12-20)5-8-19/h9-11,15,20H,3-8,12H2,1-2H3,(H,18,21). The number of hydrogen-bond donors (Lipinski definition) is 2. The monoisotopic (exact) mass is 290 g/mol. The van der Waals surface area contributed by atoms with E-state index >= 15 is 0 Å². The number of carbonyl (C=O) groups excluding carboxylic acids is 1. The van der Waals surface area contributed by atoms with Crippen LogP contribution in [0.2, 0.25) is 0 Å². The van der Waals surface area contributed by atoms with Crippen molar-refractivity contribution in [1.82, 2.24) is 10.2 Å². The van der Waals surface area contributed by atoms with E-state index in [2.05, 4.69) is 37.4 Å². The zero-order chi connectivity index (χ0) is 15.2. The molecule has 1 aliphatic rings. The van der Waals surface area contributed by atoms with Gasteiger partial charge in [-0.1, -0.05) is 29.3 Å². The molecule has 1 heterocycles. The first-order valence-corrected chi connectivity index (χ1v) is 7.79. The number of aryl methyl sites for hydroxylation is 2. The van der Waals surface area contributed by atoms with Crippen molar-refractivity contribution in [3.8, 4) is 0 Å². The van der Waals surface area contributed by atoms with Crippen LogP contribution in [-0.2, 0) is 6.42 Å². The van der Waals surface area contributed by atoms with Crippen molar-refractivity contribution in [1.29, 1.82) is 0 Å². The first-order valence-electron chi connectivity index (χ1n) is 7.79. The molecule has 0 bridgehead atoms. The Bertz CT molecular complexity index is 459. The highest BCUT2D eigenvalue weighted by Gasteiger charge is 2.21. The van der Waals surface area contributed by atoms with Gasteiger partial charge in [-0.3, -0.25) is 0 Å². The van der Waals surface area contributed by atoms with Crippen LogP contribution in [0.4, 0.5) is 4.79 Å². The molecular weight excluding hydrogens is 264 g/mol. The molecule has 4 nitrogen and oxygen atoms in total. The van der Waals surface area contributed by atoms with Gasteiger partial charge in [-0.15, -0.1) is 0 Å². The van der Waals surface area contributed by atoms with Gasteiger partial charge in [0.05, 0.1) is 0 Å². The molecule has 1 fully saturated rings. The third-order valence-electron chi connectivity index (χ3n) is 4.13. The predicted octanol–water partition coefficient (Wildman–Crippen LogP) is 2.26. The number of nitrogens with zero attached hydrogens (tertiary/aromatic N) is 1. The highest BCUT2D eigenvalue weighted by atomic mass is 16.3. The number of urea groups is 1. The molecule has 0 radical (unpaired) electrons. The average Bonchev–Trinajstić information content (AvgIpc) is 2.46. The number of likely N-dealkylation sites (tertiary alicyclic amines) is 1. The molecule has 4 heteroatoms. The van der Waals surface area contributed by atoms with Crippen LogP contribution >= 0.6 is 0 Å². The van der Waals surface area contributed by atoms with Gasteiger partial charge in [0.25, 0.3) is 0 Å². The van der Waals surface area contributed by atoms with Crippen LogP contribution in [0.5, 0.6) is 0 Å². The SMILES string of the molecule is Cc1cc(C)cc(CCNC(=O)N2CCC(CO)CC2)c1. The van der Waals surface area contributed by atoms with Crippen LogP contribution in [0.1, 0.15) is 29.5 Å². The molecule has 1 saturated heterocycles. The van der Waals surface area contributed by atoms with Crippen molar-refractivity contribution in [3.05, 3.63) is 34.9 Å². The van der Waals surface area contributed by atoms with Crippen molar-refractivity contribution in [2.24, 2.45) is 5.92 Å². The number of piperidine rings is 1. The second kappa shape index (κ2) is 7.46. The van der Waals surface area contributed by atoms with Crippen molar-refractivity contribution in [3.63, 3.8) is 0 Å². The molecule has 2 rings (SSSR count). The van der Waals surface area contributed by atoms with E-state index in [0.29, 0.717) is 12.5 Å². The minimum atomic E-state index is 0.0239. The van der Waals surface area contributed by atoms with E-state index in [0.717, 1.165) is 32.4 Å². The fourth-order valence-corrected chi connectivity index (χ4v) is 2.96. The minimum Gasteiger partial charge on any atom is -0.396 e. The first-order chi connectivity index (χ1) is 10.1. The van der Waals surface area contributed by atoms with Crippen molar-refractivity contribution < 1.29 is 9.90 Å². The van der Waals surface area contributed by atoms with Crippen LogP contribution < -0.4 is 5.32 Å². The Hall–Kier alpha value is -1.55. The van der Waals surface area contributed by atoms with Crippen LogP contribution in [0.25, 0.3) is 0 Å². The van der Waals surface area contributed by atoms with Gasteiger partial charge in [0.2, 0.25) is 0 Å². The highest BCUT2D eigenvalue weighted by Crippen LogP contribution is 2.16. The number of nitrogens with one attached hydrogen (secondary N) is 1. The number of hydrogen-bond acceptors (Lipinski definition) is 2. The third kappa shape index (κ3) is 4.74. The topological polar surface area (TPSA) is 52.6 Å². The predicted molar refractivity (Wildman–Crippen MR) is 84.4 cm³/mol. The van der Waals surface area contributed by atoms with E-state index in [-0.39, 0.29) is 12.6 Å². The first kappa shape index (κ1) is 15.8. The maximum Gasteiger partial charge on any atom is 0.317 e. The maximum absolute atomic E-state index is 12.1. The third-order valence-corrected chi connectivity index (χ3v) is 4.13. The van der Waals surface area contributed by atoms with Gasteiger partial charge < -0.3 is 15.3 Å². The molecule has 0 atom stereocenters. The van der Waals surface area contributed by atoms with E-state index in [1.54, 1.807) is 0 Å². The molecule has 2 amide bonds. The van der Waals surface area contributed by atoms with E-state index in [4.69, 9.17) is 5.11 Å². The molecule has 1 aliphatic heterocycles. The van der Waals surface area contributed by atoms with Gasteiger partial charge in [0.1, 0.15) is 0 Å². The summed E-state index contributed by atoms with van der Waals surface area (Å²) in [6.07, 6.45) is 2.67. The zero-order valence-electron chi connectivity index (χ0n) is 13.1. The Balaban J connectivity index is 1.74. The molecule has 21 heavy (non-hydrogen) atoms. The van der Waals surface area contributed by atoms with Gasteiger partial charge >= 0.3 is 6.03 Å². The summed E-state index contributed by atoms with van der Waals surface area (Å²) >= 11 is 0. The normalized spacial score (nSPS) is 16.0. The molecule has 116 valence electrons. The fraction of sp³-hybridized carbons (Fsp3) is 0.588. The summed E-state index contributed by atoms with van der Waals surface area (Å²) in [6.45, 7) is 6.60. The number of amides is 2. The number of aliphatic hydroxyl groups is 1.